The summed E-state index contributed by atoms with van der Waals surface area (Å²) in [5.74, 6) is 0.876. The Labute approximate surface area is 99.3 Å². The molecule has 0 saturated heterocycles. The minimum absolute atomic E-state index is 0.0885. The molecule has 0 amide bonds. The largest absolute Gasteiger partial charge is 0.380 e. The maximum Gasteiger partial charge on any atom is 0.0593 e. The van der Waals surface area contributed by atoms with Crippen molar-refractivity contribution in [1.29, 1.82) is 0 Å². The highest BCUT2D eigenvalue weighted by atomic mass is 16.5. The molecular weight excluding hydrogens is 200 g/mol. The van der Waals surface area contributed by atoms with E-state index in [0.29, 0.717) is 0 Å². The van der Waals surface area contributed by atoms with Crippen molar-refractivity contribution in [2.75, 3.05) is 33.4 Å². The van der Waals surface area contributed by atoms with Crippen molar-refractivity contribution in [3.63, 3.8) is 0 Å². The van der Waals surface area contributed by atoms with Gasteiger partial charge in [-0.2, -0.15) is 0 Å². The maximum atomic E-state index is 6.34. The zero-order valence-corrected chi connectivity index (χ0v) is 10.6. The molecule has 94 valence electrons. The fourth-order valence-corrected chi connectivity index (χ4v) is 2.61. The molecule has 2 rings (SSSR count). The molecule has 0 heterocycles. The van der Waals surface area contributed by atoms with Crippen LogP contribution in [-0.2, 0) is 4.74 Å². The van der Waals surface area contributed by atoms with Gasteiger partial charge in [-0.05, 0) is 38.6 Å². The lowest BCUT2D eigenvalue weighted by Crippen LogP contribution is -2.47. The van der Waals surface area contributed by atoms with Crippen LogP contribution in [0.15, 0.2) is 0 Å². The molecule has 2 N–H and O–H groups in total. The van der Waals surface area contributed by atoms with Gasteiger partial charge in [-0.1, -0.05) is 12.8 Å². The van der Waals surface area contributed by atoms with Gasteiger partial charge in [-0.3, -0.25) is 0 Å². The molecule has 2 aliphatic carbocycles. The summed E-state index contributed by atoms with van der Waals surface area (Å²) in [4.78, 5) is 2.33. The van der Waals surface area contributed by atoms with Gasteiger partial charge in [0.2, 0.25) is 0 Å². The van der Waals surface area contributed by atoms with E-state index in [-0.39, 0.29) is 5.54 Å². The quantitative estimate of drug-likeness (QED) is 0.670. The highest BCUT2D eigenvalue weighted by Crippen LogP contribution is 2.29. The summed E-state index contributed by atoms with van der Waals surface area (Å²) in [5, 5.41) is 0. The molecule has 0 spiro atoms. The molecule has 0 aromatic carbocycles. The van der Waals surface area contributed by atoms with E-state index in [1.165, 1.54) is 38.5 Å². The fourth-order valence-electron chi connectivity index (χ4n) is 2.61. The molecule has 0 atom stereocenters. The van der Waals surface area contributed by atoms with E-state index in [9.17, 15) is 0 Å². The lowest BCUT2D eigenvalue weighted by atomic mass is 9.99. The normalized spacial score (nSPS) is 24.2. The molecule has 0 aromatic heterocycles. The number of likely N-dealkylation sites (N-methyl/N-ethyl adjacent to an activating group) is 1. The molecule has 0 unspecified atom stereocenters. The van der Waals surface area contributed by atoms with E-state index in [4.69, 9.17) is 10.5 Å². The van der Waals surface area contributed by atoms with Crippen LogP contribution in [0.3, 0.4) is 0 Å². The zero-order chi connectivity index (χ0) is 11.4. The molecule has 2 saturated carbocycles. The molecule has 2 aliphatic rings. The molecule has 2 fully saturated rings. The van der Waals surface area contributed by atoms with Gasteiger partial charge >= 0.3 is 0 Å². The first-order valence-corrected chi connectivity index (χ1v) is 6.73. The van der Waals surface area contributed by atoms with E-state index >= 15 is 0 Å². The summed E-state index contributed by atoms with van der Waals surface area (Å²) < 4.78 is 5.64. The molecule has 16 heavy (non-hydrogen) atoms. The second-order valence-electron chi connectivity index (χ2n) is 5.83. The molecule has 0 aromatic rings. The number of hydrogen-bond acceptors (Lipinski definition) is 3. The van der Waals surface area contributed by atoms with Crippen LogP contribution in [0.1, 0.15) is 38.5 Å². The standard InChI is InChI=1S/C13H26N2O/c1-15(8-9-16-10-12-4-5-12)11-13(14)6-2-3-7-13/h12H,2-11,14H2,1H3. The summed E-state index contributed by atoms with van der Waals surface area (Å²) in [6, 6.07) is 0. The summed E-state index contributed by atoms with van der Waals surface area (Å²) in [5.41, 5.74) is 6.43. The van der Waals surface area contributed by atoms with Gasteiger partial charge in [-0.25, -0.2) is 0 Å². The summed E-state index contributed by atoms with van der Waals surface area (Å²) in [6.07, 6.45) is 7.76. The maximum absolute atomic E-state index is 6.34. The minimum Gasteiger partial charge on any atom is -0.380 e. The third kappa shape index (κ3) is 4.04. The molecule has 3 heteroatoms. The average molecular weight is 226 g/mol. The molecule has 0 radical (unpaired) electrons. The number of hydrogen-bond donors (Lipinski definition) is 1. The molecular formula is C13H26N2O. The van der Waals surface area contributed by atoms with Crippen LogP contribution in [0.2, 0.25) is 0 Å². The number of rotatable bonds is 7. The lowest BCUT2D eigenvalue weighted by molar-refractivity contribution is 0.0970. The Morgan fingerprint density at radius 1 is 1.31 bits per heavy atom. The molecule has 0 aliphatic heterocycles. The van der Waals surface area contributed by atoms with Crippen LogP contribution in [-0.4, -0.2) is 43.8 Å². The Bertz CT molecular complexity index is 210. The lowest BCUT2D eigenvalue weighted by Gasteiger charge is -2.29. The van der Waals surface area contributed by atoms with Gasteiger partial charge in [0.25, 0.3) is 0 Å². The fraction of sp³-hybridized carbons (Fsp3) is 1.00. The Morgan fingerprint density at radius 2 is 2.00 bits per heavy atom. The van der Waals surface area contributed by atoms with E-state index in [0.717, 1.165) is 32.2 Å². The Morgan fingerprint density at radius 3 is 2.62 bits per heavy atom. The van der Waals surface area contributed by atoms with Crippen LogP contribution >= 0.6 is 0 Å². The zero-order valence-electron chi connectivity index (χ0n) is 10.6. The van der Waals surface area contributed by atoms with E-state index < -0.39 is 0 Å². The average Bonchev–Trinajstić information content (AvgIpc) is 2.96. The van der Waals surface area contributed by atoms with Gasteiger partial charge in [0.15, 0.2) is 0 Å². The van der Waals surface area contributed by atoms with Gasteiger partial charge in [0.1, 0.15) is 0 Å². The van der Waals surface area contributed by atoms with Crippen molar-refractivity contribution < 1.29 is 4.74 Å². The van der Waals surface area contributed by atoms with Crippen molar-refractivity contribution in [1.82, 2.24) is 4.90 Å². The van der Waals surface area contributed by atoms with Crippen molar-refractivity contribution in [3.05, 3.63) is 0 Å². The SMILES string of the molecule is CN(CCOCC1CC1)CC1(N)CCCC1. The van der Waals surface area contributed by atoms with Crippen molar-refractivity contribution in [2.24, 2.45) is 11.7 Å². The second-order valence-corrected chi connectivity index (χ2v) is 5.83. The first-order chi connectivity index (χ1) is 7.68. The van der Waals surface area contributed by atoms with Crippen molar-refractivity contribution >= 4 is 0 Å². The van der Waals surface area contributed by atoms with Crippen molar-refractivity contribution in [2.45, 2.75) is 44.1 Å². The third-order valence-corrected chi connectivity index (χ3v) is 3.85. The predicted octanol–water partition coefficient (Wildman–Crippen LogP) is 1.62. The van der Waals surface area contributed by atoms with Crippen LogP contribution in [0, 0.1) is 5.92 Å². The van der Waals surface area contributed by atoms with Crippen LogP contribution in [0.25, 0.3) is 0 Å². The molecule has 3 nitrogen and oxygen atoms in total. The second kappa shape index (κ2) is 5.48. The van der Waals surface area contributed by atoms with Crippen LogP contribution < -0.4 is 5.73 Å². The Kier molecular flexibility index (Phi) is 4.22. The third-order valence-electron chi connectivity index (χ3n) is 3.85. The Hall–Kier alpha value is -0.120. The Balaban J connectivity index is 1.54. The van der Waals surface area contributed by atoms with E-state index in [2.05, 4.69) is 11.9 Å². The van der Waals surface area contributed by atoms with E-state index in [1.54, 1.807) is 0 Å². The van der Waals surface area contributed by atoms with Gasteiger partial charge in [0, 0.05) is 25.2 Å². The first kappa shape index (κ1) is 12.3. The predicted molar refractivity (Wildman–Crippen MR) is 66.4 cm³/mol. The summed E-state index contributed by atoms with van der Waals surface area (Å²) in [6.45, 7) is 3.89. The highest BCUT2D eigenvalue weighted by molar-refractivity contribution is 4.91. The monoisotopic (exact) mass is 226 g/mol. The van der Waals surface area contributed by atoms with Gasteiger partial charge < -0.3 is 15.4 Å². The smallest absolute Gasteiger partial charge is 0.0593 e. The number of ether oxygens (including phenoxy) is 1. The van der Waals surface area contributed by atoms with Gasteiger partial charge in [-0.15, -0.1) is 0 Å². The van der Waals surface area contributed by atoms with Gasteiger partial charge in [0.05, 0.1) is 6.61 Å². The highest BCUT2D eigenvalue weighted by Gasteiger charge is 2.30. The topological polar surface area (TPSA) is 38.5 Å². The number of nitrogens with zero attached hydrogens (tertiary/aromatic N) is 1. The summed E-state index contributed by atoms with van der Waals surface area (Å²) in [7, 11) is 2.16. The molecule has 0 bridgehead atoms. The number of nitrogens with two attached hydrogens (primary N) is 1. The van der Waals surface area contributed by atoms with Crippen LogP contribution in [0.5, 0.6) is 0 Å². The van der Waals surface area contributed by atoms with E-state index in [1.807, 2.05) is 0 Å². The summed E-state index contributed by atoms with van der Waals surface area (Å²) >= 11 is 0. The van der Waals surface area contributed by atoms with Crippen molar-refractivity contribution in [3.8, 4) is 0 Å². The van der Waals surface area contributed by atoms with Crippen LogP contribution in [0.4, 0.5) is 0 Å². The first-order valence-electron chi connectivity index (χ1n) is 6.73. The minimum atomic E-state index is 0.0885.